The molecule has 24 heavy (non-hydrogen) atoms. The Bertz CT molecular complexity index is 651. The number of carbonyl (C=O) groups excluding carboxylic acids is 1. The van der Waals surface area contributed by atoms with Gasteiger partial charge in [0.15, 0.2) is 0 Å². The number of aliphatic hydroxyl groups is 1. The number of aliphatic hydroxyl groups excluding tert-OH is 1. The fourth-order valence-corrected chi connectivity index (χ4v) is 2.79. The lowest BCUT2D eigenvalue weighted by molar-refractivity contribution is -0.162. The molecule has 1 rings (SSSR count). The highest BCUT2D eigenvalue weighted by Gasteiger charge is 2.39. The van der Waals surface area contributed by atoms with Crippen LogP contribution in [0.4, 0.5) is 0 Å². The van der Waals surface area contributed by atoms with Gasteiger partial charge in [-0.1, -0.05) is 48.3 Å². The molecule has 0 heterocycles. The van der Waals surface area contributed by atoms with Gasteiger partial charge in [-0.15, -0.1) is 0 Å². The Morgan fingerprint density at radius 1 is 1.25 bits per heavy atom. The quantitative estimate of drug-likeness (QED) is 0.635. The Hall–Kier alpha value is -0.870. The monoisotopic (exact) mass is 401 g/mol. The Labute approximate surface area is 159 Å². The number of esters is 1. The minimum atomic E-state index is -2.58. The van der Waals surface area contributed by atoms with Gasteiger partial charge in [0, 0.05) is 15.2 Å². The van der Waals surface area contributed by atoms with Crippen molar-refractivity contribution in [3.05, 3.63) is 34.3 Å². The normalized spacial score (nSPS) is 17.4. The molecule has 4 heteroatoms. The molecule has 1 aromatic carbocycles. The fraction of sp³-hybridized carbons (Fsp3) is 0.650. The summed E-state index contributed by atoms with van der Waals surface area (Å²) < 4.78 is 31.0. The average Bonchev–Trinajstić information content (AvgIpc) is 2.48. The van der Waals surface area contributed by atoms with Crippen molar-refractivity contribution in [2.75, 3.05) is 6.61 Å². The van der Waals surface area contributed by atoms with E-state index in [9.17, 15) is 9.90 Å². The molecule has 0 amide bonds. The maximum Gasteiger partial charge on any atom is 0.316 e. The summed E-state index contributed by atoms with van der Waals surface area (Å²) in [4.78, 5) is 13.2. The number of rotatable bonds is 7. The average molecular weight is 402 g/mol. The molecule has 1 atom stereocenters. The fourth-order valence-electron chi connectivity index (χ4n) is 2.39. The van der Waals surface area contributed by atoms with Crippen molar-refractivity contribution in [1.82, 2.24) is 0 Å². The molecular weight excluding hydrogens is 368 g/mol. The molecule has 0 radical (unpaired) electrons. The standard InChI is InChI=1S/C20H31BrO3/c1-18(2,3)24-17(23)20(6,12-8-11-19(4,5)14-22)15-9-7-10-16(21)13-15/h7,9-10,13,22H,8,11-12,14H2,1-6H3/i6D3. The summed E-state index contributed by atoms with van der Waals surface area (Å²) >= 11 is 3.37. The van der Waals surface area contributed by atoms with E-state index >= 15 is 0 Å². The van der Waals surface area contributed by atoms with Crippen LogP contribution < -0.4 is 0 Å². The van der Waals surface area contributed by atoms with Crippen LogP contribution >= 0.6 is 15.9 Å². The van der Waals surface area contributed by atoms with Crippen molar-refractivity contribution >= 4 is 21.9 Å². The van der Waals surface area contributed by atoms with Crippen molar-refractivity contribution in [2.45, 2.75) is 71.7 Å². The van der Waals surface area contributed by atoms with Crippen LogP contribution in [-0.4, -0.2) is 23.3 Å². The molecule has 0 bridgehead atoms. The highest BCUT2D eigenvalue weighted by atomic mass is 79.9. The van der Waals surface area contributed by atoms with Crippen LogP contribution in [0.25, 0.3) is 0 Å². The predicted octanol–water partition coefficient (Wildman–Crippen LogP) is 5.24. The summed E-state index contributed by atoms with van der Waals surface area (Å²) in [6.07, 6.45) is 1.17. The third kappa shape index (κ3) is 6.21. The Morgan fingerprint density at radius 3 is 2.42 bits per heavy atom. The summed E-state index contributed by atoms with van der Waals surface area (Å²) in [5.74, 6) is -0.741. The van der Waals surface area contributed by atoms with Crippen molar-refractivity contribution < 1.29 is 18.8 Å². The molecule has 0 saturated carbocycles. The molecule has 0 aliphatic rings. The third-order valence-electron chi connectivity index (χ3n) is 3.90. The smallest absolute Gasteiger partial charge is 0.316 e. The SMILES string of the molecule is [2H]C([2H])([2H])C(CCCC(C)(C)CO)(C(=O)OC(C)(C)C)c1cccc(Br)c1. The summed E-state index contributed by atoms with van der Waals surface area (Å²) in [7, 11) is 0. The molecular formula is C20H31BrO3. The predicted molar refractivity (Wildman–Crippen MR) is 102 cm³/mol. The third-order valence-corrected chi connectivity index (χ3v) is 4.39. The van der Waals surface area contributed by atoms with E-state index in [-0.39, 0.29) is 18.4 Å². The van der Waals surface area contributed by atoms with Gasteiger partial charge in [0.05, 0.1) is 5.41 Å². The number of carbonyl (C=O) groups is 1. The molecule has 136 valence electrons. The van der Waals surface area contributed by atoms with Crippen LogP contribution in [0.1, 0.15) is 70.4 Å². The summed E-state index contributed by atoms with van der Waals surface area (Å²) in [5, 5.41) is 9.49. The molecule has 0 aliphatic heterocycles. The number of hydrogen-bond acceptors (Lipinski definition) is 3. The van der Waals surface area contributed by atoms with Gasteiger partial charge in [-0.3, -0.25) is 4.79 Å². The van der Waals surface area contributed by atoms with E-state index in [4.69, 9.17) is 8.85 Å². The van der Waals surface area contributed by atoms with E-state index in [2.05, 4.69) is 15.9 Å². The molecule has 0 saturated heterocycles. The zero-order valence-electron chi connectivity index (χ0n) is 18.3. The van der Waals surface area contributed by atoms with Crippen LogP contribution in [0.2, 0.25) is 0 Å². The van der Waals surface area contributed by atoms with Crippen molar-refractivity contribution in [3.63, 3.8) is 0 Å². The van der Waals surface area contributed by atoms with Crippen LogP contribution in [0.5, 0.6) is 0 Å². The van der Waals surface area contributed by atoms with Crippen LogP contribution in [-0.2, 0) is 14.9 Å². The van der Waals surface area contributed by atoms with Gasteiger partial charge < -0.3 is 9.84 Å². The summed E-state index contributed by atoms with van der Waals surface area (Å²) in [5.41, 5.74) is -2.50. The minimum absolute atomic E-state index is 0.00289. The Balaban J connectivity index is 3.43. The van der Waals surface area contributed by atoms with Gasteiger partial charge in [0.25, 0.3) is 0 Å². The highest BCUT2D eigenvalue weighted by molar-refractivity contribution is 9.10. The first-order valence-corrected chi connectivity index (χ1v) is 9.04. The lowest BCUT2D eigenvalue weighted by Crippen LogP contribution is -2.39. The van der Waals surface area contributed by atoms with Crippen molar-refractivity contribution in [1.29, 1.82) is 0 Å². The zero-order valence-corrected chi connectivity index (χ0v) is 16.9. The van der Waals surface area contributed by atoms with E-state index in [1.165, 1.54) is 0 Å². The van der Waals surface area contributed by atoms with E-state index in [0.717, 1.165) is 0 Å². The van der Waals surface area contributed by atoms with Crippen molar-refractivity contribution in [3.8, 4) is 0 Å². The molecule has 1 N–H and O–H groups in total. The second-order valence-electron chi connectivity index (χ2n) is 8.09. The first-order chi connectivity index (χ1) is 12.1. The van der Waals surface area contributed by atoms with Crippen LogP contribution in [0.3, 0.4) is 0 Å². The summed E-state index contributed by atoms with van der Waals surface area (Å²) in [6, 6.07) is 6.85. The molecule has 0 fully saturated rings. The van der Waals surface area contributed by atoms with Gasteiger partial charge >= 0.3 is 5.97 Å². The molecule has 1 unspecified atom stereocenters. The first-order valence-electron chi connectivity index (χ1n) is 9.75. The zero-order chi connectivity index (χ0) is 21.1. The number of benzene rings is 1. The van der Waals surface area contributed by atoms with E-state index in [1.807, 2.05) is 13.8 Å². The molecule has 0 spiro atoms. The van der Waals surface area contributed by atoms with E-state index in [0.29, 0.717) is 22.9 Å². The maximum atomic E-state index is 13.2. The topological polar surface area (TPSA) is 46.5 Å². The van der Waals surface area contributed by atoms with Gasteiger partial charge in [-0.2, -0.15) is 0 Å². The Morgan fingerprint density at radius 2 is 1.92 bits per heavy atom. The summed E-state index contributed by atoms with van der Waals surface area (Å²) in [6.45, 7) is 6.42. The van der Waals surface area contributed by atoms with E-state index in [1.54, 1.807) is 45.0 Å². The van der Waals surface area contributed by atoms with Crippen LogP contribution in [0.15, 0.2) is 28.7 Å². The van der Waals surface area contributed by atoms with Gasteiger partial charge in [-0.25, -0.2) is 0 Å². The number of ether oxygens (including phenoxy) is 1. The Kier molecular flexibility index (Phi) is 5.53. The van der Waals surface area contributed by atoms with Gasteiger partial charge in [0.1, 0.15) is 5.60 Å². The minimum Gasteiger partial charge on any atom is -0.459 e. The highest BCUT2D eigenvalue weighted by Crippen LogP contribution is 2.36. The first kappa shape index (κ1) is 16.6. The molecule has 0 aromatic heterocycles. The lowest BCUT2D eigenvalue weighted by Gasteiger charge is -2.33. The second-order valence-corrected chi connectivity index (χ2v) is 9.01. The van der Waals surface area contributed by atoms with E-state index < -0.39 is 23.8 Å². The van der Waals surface area contributed by atoms with Gasteiger partial charge in [0.2, 0.25) is 0 Å². The molecule has 1 aromatic rings. The van der Waals surface area contributed by atoms with Crippen molar-refractivity contribution in [2.24, 2.45) is 5.41 Å². The maximum absolute atomic E-state index is 13.2. The number of halogens is 1. The molecule has 0 aliphatic carbocycles. The second kappa shape index (κ2) is 8.01. The number of hydrogen-bond donors (Lipinski definition) is 1. The van der Waals surface area contributed by atoms with Crippen LogP contribution in [0, 0.1) is 5.41 Å². The molecule has 3 nitrogen and oxygen atoms in total. The van der Waals surface area contributed by atoms with Gasteiger partial charge in [-0.05, 0) is 63.6 Å². The lowest BCUT2D eigenvalue weighted by atomic mass is 9.76. The largest absolute Gasteiger partial charge is 0.459 e.